The third kappa shape index (κ3) is 2.41. The van der Waals surface area contributed by atoms with Crippen LogP contribution in [0.25, 0.3) is 0 Å². The Bertz CT molecular complexity index is 462. The molecular weight excluding hydrogens is 200 g/mol. The van der Waals surface area contributed by atoms with Crippen LogP contribution in [0.4, 0.5) is 5.69 Å². The fraction of sp³-hybridized carbons (Fsp3) is 0.250. The molecule has 0 atom stereocenters. The van der Waals surface area contributed by atoms with Crippen molar-refractivity contribution >= 4 is 5.69 Å². The lowest BCUT2D eigenvalue weighted by molar-refractivity contribution is 0.692. The van der Waals surface area contributed by atoms with E-state index in [1.165, 1.54) is 5.56 Å². The number of anilines is 1. The Kier molecular flexibility index (Phi) is 3.22. The molecule has 0 fully saturated rings. The topological polar surface area (TPSA) is 66.7 Å². The number of benzene rings is 1. The predicted octanol–water partition coefficient (Wildman–Crippen LogP) is 1.59. The van der Waals surface area contributed by atoms with Crippen molar-refractivity contribution in [2.75, 3.05) is 5.73 Å². The Morgan fingerprint density at radius 2 is 2.00 bits per heavy atom. The number of aromatic amines is 1. The summed E-state index contributed by atoms with van der Waals surface area (Å²) in [6, 6.07) is 7.89. The Balaban J connectivity index is 1.89. The minimum absolute atomic E-state index is 0.775. The van der Waals surface area contributed by atoms with Gasteiger partial charge in [0.15, 0.2) is 0 Å². The molecule has 0 spiro atoms. The van der Waals surface area contributed by atoms with E-state index in [1.807, 2.05) is 37.4 Å². The second kappa shape index (κ2) is 4.81. The Morgan fingerprint density at radius 1 is 1.25 bits per heavy atom. The van der Waals surface area contributed by atoms with Gasteiger partial charge >= 0.3 is 0 Å². The molecule has 0 bridgehead atoms. The summed E-state index contributed by atoms with van der Waals surface area (Å²) in [6.45, 7) is 3.59. The van der Waals surface area contributed by atoms with Crippen LogP contribution in [0.15, 0.2) is 30.5 Å². The van der Waals surface area contributed by atoms with Gasteiger partial charge < -0.3 is 11.1 Å². The van der Waals surface area contributed by atoms with Crippen LogP contribution in [0.3, 0.4) is 0 Å². The number of nitrogen functional groups attached to an aromatic ring is 1. The molecule has 0 aliphatic heterocycles. The van der Waals surface area contributed by atoms with Crippen LogP contribution in [-0.4, -0.2) is 10.2 Å². The zero-order valence-corrected chi connectivity index (χ0v) is 9.33. The first kappa shape index (κ1) is 10.7. The van der Waals surface area contributed by atoms with Crippen LogP contribution in [0.5, 0.6) is 0 Å². The minimum Gasteiger partial charge on any atom is -0.398 e. The number of hydrogen-bond donors (Lipinski definition) is 3. The van der Waals surface area contributed by atoms with Crippen molar-refractivity contribution in [3.8, 4) is 0 Å². The summed E-state index contributed by atoms with van der Waals surface area (Å²) < 4.78 is 0. The van der Waals surface area contributed by atoms with E-state index in [0.717, 1.165) is 30.0 Å². The van der Waals surface area contributed by atoms with E-state index in [9.17, 15) is 0 Å². The number of nitrogens with zero attached hydrogens (tertiary/aromatic N) is 1. The highest BCUT2D eigenvalue weighted by Gasteiger charge is 2.00. The number of hydrogen-bond acceptors (Lipinski definition) is 3. The van der Waals surface area contributed by atoms with Gasteiger partial charge in [0.2, 0.25) is 0 Å². The van der Waals surface area contributed by atoms with Crippen molar-refractivity contribution in [1.82, 2.24) is 15.5 Å². The number of nitrogens with two attached hydrogens (primary N) is 1. The average Bonchev–Trinajstić information content (AvgIpc) is 2.67. The largest absolute Gasteiger partial charge is 0.398 e. The minimum atomic E-state index is 0.775. The highest BCUT2D eigenvalue weighted by Crippen LogP contribution is 2.10. The molecule has 1 aromatic carbocycles. The molecule has 0 unspecified atom stereocenters. The van der Waals surface area contributed by atoms with Crippen molar-refractivity contribution in [3.63, 3.8) is 0 Å². The van der Waals surface area contributed by atoms with E-state index in [4.69, 9.17) is 5.73 Å². The fourth-order valence-corrected chi connectivity index (χ4v) is 1.58. The van der Waals surface area contributed by atoms with E-state index in [1.54, 1.807) is 0 Å². The van der Waals surface area contributed by atoms with E-state index in [-0.39, 0.29) is 0 Å². The molecule has 84 valence electrons. The molecule has 4 nitrogen and oxygen atoms in total. The first-order valence-electron chi connectivity index (χ1n) is 5.30. The maximum Gasteiger partial charge on any atom is 0.0535 e. The summed E-state index contributed by atoms with van der Waals surface area (Å²) in [5, 5.41) is 10.2. The van der Waals surface area contributed by atoms with Crippen LogP contribution in [0.2, 0.25) is 0 Å². The van der Waals surface area contributed by atoms with Crippen molar-refractivity contribution in [1.29, 1.82) is 0 Å². The maximum absolute atomic E-state index is 5.85. The highest BCUT2D eigenvalue weighted by atomic mass is 15.1. The van der Waals surface area contributed by atoms with Crippen molar-refractivity contribution in [2.45, 2.75) is 20.0 Å². The molecule has 4 heteroatoms. The van der Waals surface area contributed by atoms with Gasteiger partial charge in [0.25, 0.3) is 0 Å². The van der Waals surface area contributed by atoms with Gasteiger partial charge in [-0.3, -0.25) is 5.10 Å². The maximum atomic E-state index is 5.85. The molecule has 2 rings (SSSR count). The molecule has 0 aliphatic carbocycles. The molecule has 0 amide bonds. The van der Waals surface area contributed by atoms with Gasteiger partial charge in [0, 0.05) is 30.0 Å². The molecule has 0 saturated heterocycles. The van der Waals surface area contributed by atoms with Crippen molar-refractivity contribution in [3.05, 3.63) is 47.3 Å². The zero-order chi connectivity index (χ0) is 11.4. The van der Waals surface area contributed by atoms with E-state index < -0.39 is 0 Å². The van der Waals surface area contributed by atoms with Gasteiger partial charge in [-0.2, -0.15) is 5.10 Å². The van der Waals surface area contributed by atoms with E-state index in [0.29, 0.717) is 0 Å². The lowest BCUT2D eigenvalue weighted by Crippen LogP contribution is -2.14. The second-order valence-electron chi connectivity index (χ2n) is 3.82. The molecule has 0 radical (unpaired) electrons. The Morgan fingerprint density at radius 3 is 2.69 bits per heavy atom. The smallest absolute Gasteiger partial charge is 0.0535 e. The van der Waals surface area contributed by atoms with Crippen LogP contribution < -0.4 is 11.1 Å². The van der Waals surface area contributed by atoms with Crippen molar-refractivity contribution < 1.29 is 0 Å². The van der Waals surface area contributed by atoms with Gasteiger partial charge in [0.05, 0.1) is 6.20 Å². The van der Waals surface area contributed by atoms with E-state index >= 15 is 0 Å². The van der Waals surface area contributed by atoms with Gasteiger partial charge in [-0.1, -0.05) is 18.2 Å². The molecule has 16 heavy (non-hydrogen) atoms. The summed E-state index contributed by atoms with van der Waals surface area (Å²) >= 11 is 0. The number of rotatable bonds is 4. The average molecular weight is 216 g/mol. The number of aryl methyl sites for hydroxylation is 1. The molecule has 0 saturated carbocycles. The van der Waals surface area contributed by atoms with Gasteiger partial charge in [-0.15, -0.1) is 0 Å². The van der Waals surface area contributed by atoms with Gasteiger partial charge in [0.1, 0.15) is 0 Å². The third-order valence-corrected chi connectivity index (χ3v) is 2.62. The molecule has 0 aliphatic rings. The van der Waals surface area contributed by atoms with E-state index in [2.05, 4.69) is 15.5 Å². The summed E-state index contributed by atoms with van der Waals surface area (Å²) in [7, 11) is 0. The first-order chi connectivity index (χ1) is 7.77. The van der Waals surface area contributed by atoms with Crippen LogP contribution in [0, 0.1) is 6.92 Å². The van der Waals surface area contributed by atoms with Crippen LogP contribution in [-0.2, 0) is 13.1 Å². The SMILES string of the molecule is Cc1[nH]ncc1CNCc1ccccc1N. The Hall–Kier alpha value is -1.81. The molecular formula is C12H16N4. The summed E-state index contributed by atoms with van der Waals surface area (Å²) in [5.41, 5.74) is 10.1. The third-order valence-electron chi connectivity index (χ3n) is 2.62. The standard InChI is InChI=1S/C12H16N4/c1-9-11(8-15-16-9)7-14-6-10-4-2-3-5-12(10)13/h2-5,8,14H,6-7,13H2,1H3,(H,15,16). The lowest BCUT2D eigenvalue weighted by Gasteiger charge is -2.06. The number of para-hydroxylation sites is 1. The lowest BCUT2D eigenvalue weighted by atomic mass is 10.2. The highest BCUT2D eigenvalue weighted by molar-refractivity contribution is 5.46. The number of aromatic nitrogens is 2. The fourth-order valence-electron chi connectivity index (χ4n) is 1.58. The predicted molar refractivity (Wildman–Crippen MR) is 64.7 cm³/mol. The number of H-pyrrole nitrogens is 1. The summed E-state index contributed by atoms with van der Waals surface area (Å²) in [5.74, 6) is 0. The molecule has 2 aromatic rings. The molecule has 1 aromatic heterocycles. The summed E-state index contributed by atoms with van der Waals surface area (Å²) in [6.07, 6.45) is 1.84. The normalized spacial score (nSPS) is 10.6. The monoisotopic (exact) mass is 216 g/mol. The summed E-state index contributed by atoms with van der Waals surface area (Å²) in [4.78, 5) is 0. The quantitative estimate of drug-likeness (QED) is 0.680. The Labute approximate surface area is 94.9 Å². The second-order valence-corrected chi connectivity index (χ2v) is 3.82. The van der Waals surface area contributed by atoms with Crippen LogP contribution in [0.1, 0.15) is 16.8 Å². The zero-order valence-electron chi connectivity index (χ0n) is 9.33. The number of nitrogens with one attached hydrogen (secondary N) is 2. The molecule has 4 N–H and O–H groups in total. The molecule has 1 heterocycles. The van der Waals surface area contributed by atoms with Crippen molar-refractivity contribution in [2.24, 2.45) is 0 Å². The van der Waals surface area contributed by atoms with Gasteiger partial charge in [-0.05, 0) is 18.6 Å². The van der Waals surface area contributed by atoms with Crippen LogP contribution >= 0.6 is 0 Å². The van der Waals surface area contributed by atoms with Gasteiger partial charge in [-0.25, -0.2) is 0 Å². The first-order valence-corrected chi connectivity index (χ1v) is 5.30.